The van der Waals surface area contributed by atoms with E-state index in [-0.39, 0.29) is 10.6 Å². The summed E-state index contributed by atoms with van der Waals surface area (Å²) in [6, 6.07) is 3.72. The molecule has 1 saturated carbocycles. The van der Waals surface area contributed by atoms with Crippen LogP contribution in [0.2, 0.25) is 0 Å². The second-order valence-electron chi connectivity index (χ2n) is 8.71. The van der Waals surface area contributed by atoms with E-state index in [0.29, 0.717) is 40.5 Å². The predicted octanol–water partition coefficient (Wildman–Crippen LogP) is 4.01. The van der Waals surface area contributed by atoms with Crippen LogP contribution in [0.4, 0.5) is 5.69 Å². The molecule has 138 valence electrons. The standard InChI is InChI=1S/C19H28N2O4/c1-18(2)8-14-9-19(3,11-18)12-20(14)10-13-6-16(24-4)17(25-5)7-15(13)21(22)23/h6-7,14H,8-12H2,1-5H3. The van der Waals surface area contributed by atoms with Gasteiger partial charge in [-0.2, -0.15) is 0 Å². The maximum atomic E-state index is 11.5. The van der Waals surface area contributed by atoms with E-state index in [9.17, 15) is 10.1 Å². The van der Waals surface area contributed by atoms with E-state index in [1.165, 1.54) is 26.0 Å². The molecular formula is C19H28N2O4. The average Bonchev–Trinajstić information content (AvgIpc) is 2.74. The van der Waals surface area contributed by atoms with Gasteiger partial charge in [-0.25, -0.2) is 0 Å². The third-order valence-corrected chi connectivity index (χ3v) is 5.68. The second-order valence-corrected chi connectivity index (χ2v) is 8.71. The van der Waals surface area contributed by atoms with Crippen molar-refractivity contribution in [3.8, 4) is 11.5 Å². The van der Waals surface area contributed by atoms with E-state index in [1.54, 1.807) is 13.2 Å². The SMILES string of the molecule is COc1cc(CN2CC3(C)CC2CC(C)(C)C3)c([N+](=O)[O-])cc1OC. The van der Waals surface area contributed by atoms with Crippen LogP contribution < -0.4 is 9.47 Å². The largest absolute Gasteiger partial charge is 0.493 e. The maximum Gasteiger partial charge on any atom is 0.277 e. The Balaban J connectivity index is 1.91. The fourth-order valence-corrected chi connectivity index (χ4v) is 5.19. The van der Waals surface area contributed by atoms with Crippen LogP contribution in [-0.2, 0) is 6.54 Å². The molecule has 25 heavy (non-hydrogen) atoms. The smallest absolute Gasteiger partial charge is 0.277 e. The molecule has 0 spiro atoms. The molecule has 1 aliphatic heterocycles. The highest BCUT2D eigenvalue weighted by atomic mass is 16.6. The summed E-state index contributed by atoms with van der Waals surface area (Å²) in [4.78, 5) is 13.6. The number of nitrogens with zero attached hydrogens (tertiary/aromatic N) is 2. The highest BCUT2D eigenvalue weighted by molar-refractivity contribution is 5.54. The van der Waals surface area contributed by atoms with Gasteiger partial charge in [0.1, 0.15) is 0 Å². The highest BCUT2D eigenvalue weighted by Gasteiger charge is 2.49. The van der Waals surface area contributed by atoms with Crippen molar-refractivity contribution in [3.05, 3.63) is 27.8 Å². The number of benzene rings is 1. The minimum Gasteiger partial charge on any atom is -0.493 e. The lowest BCUT2D eigenvalue weighted by molar-refractivity contribution is -0.385. The highest BCUT2D eigenvalue weighted by Crippen LogP contribution is 2.53. The summed E-state index contributed by atoms with van der Waals surface area (Å²) in [5, 5.41) is 11.5. The van der Waals surface area contributed by atoms with Gasteiger partial charge >= 0.3 is 0 Å². The zero-order valence-electron chi connectivity index (χ0n) is 15.8. The zero-order valence-corrected chi connectivity index (χ0v) is 15.8. The summed E-state index contributed by atoms with van der Waals surface area (Å²) in [5.74, 6) is 0.933. The van der Waals surface area contributed by atoms with Crippen LogP contribution in [0.1, 0.15) is 45.6 Å². The number of methoxy groups -OCH3 is 2. The summed E-state index contributed by atoms with van der Waals surface area (Å²) >= 11 is 0. The van der Waals surface area contributed by atoms with E-state index in [2.05, 4.69) is 25.7 Å². The quantitative estimate of drug-likeness (QED) is 0.594. The third kappa shape index (κ3) is 3.45. The molecule has 3 rings (SSSR count). The molecule has 1 aromatic rings. The Hall–Kier alpha value is -1.82. The van der Waals surface area contributed by atoms with E-state index >= 15 is 0 Å². The lowest BCUT2D eigenvalue weighted by atomic mass is 9.65. The molecule has 2 aliphatic rings. The number of rotatable bonds is 5. The van der Waals surface area contributed by atoms with Crippen LogP contribution in [0.25, 0.3) is 0 Å². The fraction of sp³-hybridized carbons (Fsp3) is 0.684. The summed E-state index contributed by atoms with van der Waals surface area (Å²) < 4.78 is 10.6. The molecule has 1 saturated heterocycles. The molecule has 1 aromatic carbocycles. The molecule has 1 heterocycles. The molecular weight excluding hydrogens is 320 g/mol. The first-order valence-electron chi connectivity index (χ1n) is 8.80. The van der Waals surface area contributed by atoms with E-state index in [4.69, 9.17) is 9.47 Å². The van der Waals surface area contributed by atoms with Crippen molar-refractivity contribution in [3.63, 3.8) is 0 Å². The van der Waals surface area contributed by atoms with Gasteiger partial charge in [0, 0.05) is 24.7 Å². The van der Waals surface area contributed by atoms with Gasteiger partial charge in [0.25, 0.3) is 5.69 Å². The predicted molar refractivity (Wildman–Crippen MR) is 96.1 cm³/mol. The first kappa shape index (κ1) is 18.0. The van der Waals surface area contributed by atoms with Crippen LogP contribution >= 0.6 is 0 Å². The summed E-state index contributed by atoms with van der Waals surface area (Å²) in [6.07, 6.45) is 3.53. The van der Waals surface area contributed by atoms with Gasteiger partial charge < -0.3 is 9.47 Å². The fourth-order valence-electron chi connectivity index (χ4n) is 5.19. The molecule has 1 aliphatic carbocycles. The van der Waals surface area contributed by atoms with Gasteiger partial charge in [0.2, 0.25) is 0 Å². The lowest BCUT2D eigenvalue weighted by Crippen LogP contribution is -2.34. The van der Waals surface area contributed by atoms with E-state index < -0.39 is 0 Å². The minimum atomic E-state index is -0.328. The Morgan fingerprint density at radius 3 is 2.44 bits per heavy atom. The Morgan fingerprint density at radius 2 is 1.84 bits per heavy atom. The van der Waals surface area contributed by atoms with Crippen molar-refractivity contribution < 1.29 is 14.4 Å². The van der Waals surface area contributed by atoms with E-state index in [0.717, 1.165) is 13.0 Å². The molecule has 0 radical (unpaired) electrons. The molecule has 0 N–H and O–H groups in total. The number of hydrogen-bond donors (Lipinski definition) is 0. The van der Waals surface area contributed by atoms with Crippen molar-refractivity contribution in [1.29, 1.82) is 0 Å². The number of hydrogen-bond acceptors (Lipinski definition) is 5. The van der Waals surface area contributed by atoms with Gasteiger partial charge in [0.15, 0.2) is 11.5 Å². The molecule has 2 fully saturated rings. The Labute approximate surface area is 149 Å². The Morgan fingerprint density at radius 1 is 1.20 bits per heavy atom. The van der Waals surface area contributed by atoms with Crippen LogP contribution in [0.3, 0.4) is 0 Å². The van der Waals surface area contributed by atoms with Gasteiger partial charge in [-0.05, 0) is 36.2 Å². The number of likely N-dealkylation sites (tertiary alicyclic amines) is 1. The molecule has 0 amide bonds. The van der Waals surface area contributed by atoms with Crippen LogP contribution in [0, 0.1) is 20.9 Å². The normalized spacial score (nSPS) is 28.0. The number of ether oxygens (including phenoxy) is 2. The van der Waals surface area contributed by atoms with Gasteiger partial charge in [0.05, 0.1) is 25.2 Å². The lowest BCUT2D eigenvalue weighted by Gasteiger charge is -2.39. The first-order chi connectivity index (χ1) is 11.7. The molecule has 2 unspecified atom stereocenters. The van der Waals surface area contributed by atoms with Crippen LogP contribution in [0.5, 0.6) is 11.5 Å². The number of nitro groups is 1. The van der Waals surface area contributed by atoms with Crippen molar-refractivity contribution in [2.45, 2.75) is 52.6 Å². The minimum absolute atomic E-state index is 0.100. The summed E-state index contributed by atoms with van der Waals surface area (Å²) in [6.45, 7) is 8.59. The van der Waals surface area contributed by atoms with Gasteiger partial charge in [-0.3, -0.25) is 15.0 Å². The van der Waals surface area contributed by atoms with Crippen LogP contribution in [-0.4, -0.2) is 36.6 Å². The molecule has 2 atom stereocenters. The zero-order chi connectivity index (χ0) is 18.4. The van der Waals surface area contributed by atoms with Crippen molar-refractivity contribution >= 4 is 5.69 Å². The molecule has 0 aromatic heterocycles. The van der Waals surface area contributed by atoms with Crippen molar-refractivity contribution in [2.75, 3.05) is 20.8 Å². The van der Waals surface area contributed by atoms with Crippen LogP contribution in [0.15, 0.2) is 12.1 Å². The van der Waals surface area contributed by atoms with Crippen molar-refractivity contribution in [2.24, 2.45) is 10.8 Å². The Kier molecular flexibility index (Phi) is 4.43. The number of nitro benzene ring substituents is 1. The summed E-state index contributed by atoms with van der Waals surface area (Å²) in [5.41, 5.74) is 1.42. The average molecular weight is 348 g/mol. The van der Waals surface area contributed by atoms with Crippen molar-refractivity contribution in [1.82, 2.24) is 4.90 Å². The first-order valence-corrected chi connectivity index (χ1v) is 8.80. The van der Waals surface area contributed by atoms with Gasteiger partial charge in [-0.1, -0.05) is 20.8 Å². The Bertz CT molecular complexity index is 688. The maximum absolute atomic E-state index is 11.5. The van der Waals surface area contributed by atoms with Gasteiger partial charge in [-0.15, -0.1) is 0 Å². The molecule has 2 bridgehead atoms. The third-order valence-electron chi connectivity index (χ3n) is 5.68. The van der Waals surface area contributed by atoms with E-state index in [1.807, 2.05) is 0 Å². The second kappa shape index (κ2) is 6.16. The molecule has 6 nitrogen and oxygen atoms in total. The monoisotopic (exact) mass is 348 g/mol. The number of fused-ring (bicyclic) bond motifs is 2. The molecule has 6 heteroatoms. The summed E-state index contributed by atoms with van der Waals surface area (Å²) in [7, 11) is 3.05. The topological polar surface area (TPSA) is 64.8 Å².